The van der Waals surface area contributed by atoms with Crippen molar-refractivity contribution in [2.24, 2.45) is 0 Å². The number of nitro groups is 1. The molecule has 2 aromatic carbocycles. The summed E-state index contributed by atoms with van der Waals surface area (Å²) in [5.74, 6) is -0.367. The van der Waals surface area contributed by atoms with Crippen molar-refractivity contribution in [3.8, 4) is 0 Å². The van der Waals surface area contributed by atoms with Gasteiger partial charge < -0.3 is 15.6 Å². The predicted octanol–water partition coefficient (Wildman–Crippen LogP) is 3.18. The Kier molecular flexibility index (Phi) is 3.68. The number of hydrogen-bond donors (Lipinski definition) is 3. The highest BCUT2D eigenvalue weighted by molar-refractivity contribution is 5.95. The van der Waals surface area contributed by atoms with Crippen molar-refractivity contribution in [2.45, 2.75) is 0 Å². The van der Waals surface area contributed by atoms with E-state index in [1.165, 1.54) is 19.2 Å². The third-order valence-electron chi connectivity index (χ3n) is 3.52. The molecule has 7 nitrogen and oxygen atoms in total. The molecular formula is C16H14N4O3. The lowest BCUT2D eigenvalue weighted by atomic mass is 10.1. The first-order chi connectivity index (χ1) is 11.1. The van der Waals surface area contributed by atoms with Crippen LogP contribution in [0.5, 0.6) is 0 Å². The number of carbonyl (C=O) groups excluding carboxylic acids is 1. The third kappa shape index (κ3) is 2.84. The van der Waals surface area contributed by atoms with Gasteiger partial charge >= 0.3 is 0 Å². The number of benzene rings is 2. The van der Waals surface area contributed by atoms with Gasteiger partial charge in [0.1, 0.15) is 5.69 Å². The Hall–Kier alpha value is -3.35. The zero-order chi connectivity index (χ0) is 16.4. The molecule has 23 heavy (non-hydrogen) atoms. The number of H-pyrrole nitrogens is 1. The molecule has 1 heterocycles. The van der Waals surface area contributed by atoms with E-state index in [9.17, 15) is 14.9 Å². The van der Waals surface area contributed by atoms with E-state index in [1.807, 2.05) is 30.5 Å². The van der Waals surface area contributed by atoms with Gasteiger partial charge in [0.15, 0.2) is 0 Å². The fourth-order valence-electron chi connectivity index (χ4n) is 2.36. The Morgan fingerprint density at radius 3 is 2.74 bits per heavy atom. The number of nitrogens with one attached hydrogen (secondary N) is 3. The van der Waals surface area contributed by atoms with Crippen molar-refractivity contribution in [2.75, 3.05) is 12.4 Å². The molecule has 0 aliphatic rings. The number of nitrogens with zero attached hydrogens (tertiary/aromatic N) is 1. The standard InChI is InChI=1S/C16H14N4O3/c1-17-16(21)11-2-4-14(15(9-11)20(22)23)19-12-3-5-13-10(8-12)6-7-18-13/h2-9,18-19H,1H3,(H,17,21). The summed E-state index contributed by atoms with van der Waals surface area (Å²) >= 11 is 0. The van der Waals surface area contributed by atoms with Crippen molar-refractivity contribution in [3.05, 3.63) is 64.3 Å². The molecule has 0 saturated carbocycles. The molecular weight excluding hydrogens is 296 g/mol. The summed E-state index contributed by atoms with van der Waals surface area (Å²) in [5, 5.41) is 17.8. The monoisotopic (exact) mass is 310 g/mol. The molecule has 0 atom stereocenters. The Morgan fingerprint density at radius 1 is 1.17 bits per heavy atom. The maximum Gasteiger partial charge on any atom is 0.293 e. The summed E-state index contributed by atoms with van der Waals surface area (Å²) in [5.41, 5.74) is 2.14. The van der Waals surface area contributed by atoms with Crippen LogP contribution in [0.3, 0.4) is 0 Å². The van der Waals surface area contributed by atoms with Crippen LogP contribution in [0.25, 0.3) is 10.9 Å². The van der Waals surface area contributed by atoms with Crippen LogP contribution in [0, 0.1) is 10.1 Å². The van der Waals surface area contributed by atoms with Crippen LogP contribution in [0.1, 0.15) is 10.4 Å². The van der Waals surface area contributed by atoms with Gasteiger partial charge in [-0.05, 0) is 36.4 Å². The van der Waals surface area contributed by atoms with E-state index in [4.69, 9.17) is 0 Å². The van der Waals surface area contributed by atoms with E-state index < -0.39 is 4.92 Å². The van der Waals surface area contributed by atoms with Crippen LogP contribution in [0.2, 0.25) is 0 Å². The number of anilines is 2. The third-order valence-corrected chi connectivity index (χ3v) is 3.52. The maximum absolute atomic E-state index is 11.6. The quantitative estimate of drug-likeness (QED) is 0.509. The molecule has 1 amide bonds. The van der Waals surface area contributed by atoms with Crippen LogP contribution in [-0.4, -0.2) is 22.9 Å². The fourth-order valence-corrected chi connectivity index (χ4v) is 2.36. The molecule has 0 spiro atoms. The zero-order valence-corrected chi connectivity index (χ0v) is 12.3. The van der Waals surface area contributed by atoms with E-state index in [0.29, 0.717) is 5.69 Å². The van der Waals surface area contributed by atoms with Crippen LogP contribution in [0.4, 0.5) is 17.1 Å². The molecule has 3 rings (SSSR count). The van der Waals surface area contributed by atoms with Gasteiger partial charge in [-0.1, -0.05) is 0 Å². The van der Waals surface area contributed by atoms with Crippen molar-refractivity contribution in [1.82, 2.24) is 10.3 Å². The van der Waals surface area contributed by atoms with E-state index in [1.54, 1.807) is 6.07 Å². The van der Waals surface area contributed by atoms with E-state index in [0.717, 1.165) is 16.6 Å². The minimum atomic E-state index is -0.510. The minimum Gasteiger partial charge on any atom is -0.361 e. The largest absolute Gasteiger partial charge is 0.361 e. The maximum atomic E-state index is 11.6. The topological polar surface area (TPSA) is 100 Å². The molecule has 0 saturated heterocycles. The number of amides is 1. The lowest BCUT2D eigenvalue weighted by molar-refractivity contribution is -0.383. The van der Waals surface area contributed by atoms with E-state index >= 15 is 0 Å². The highest BCUT2D eigenvalue weighted by Crippen LogP contribution is 2.29. The van der Waals surface area contributed by atoms with Gasteiger partial charge in [-0.15, -0.1) is 0 Å². The van der Waals surface area contributed by atoms with Crippen molar-refractivity contribution in [3.63, 3.8) is 0 Å². The first kappa shape index (κ1) is 14.6. The van der Waals surface area contributed by atoms with Gasteiger partial charge in [0.25, 0.3) is 11.6 Å². The number of aromatic nitrogens is 1. The number of hydrogen-bond acceptors (Lipinski definition) is 4. The van der Waals surface area contributed by atoms with Crippen LogP contribution in [0.15, 0.2) is 48.7 Å². The molecule has 0 fully saturated rings. The minimum absolute atomic E-state index is 0.153. The van der Waals surface area contributed by atoms with Crippen LogP contribution < -0.4 is 10.6 Å². The predicted molar refractivity (Wildman–Crippen MR) is 88.1 cm³/mol. The lowest BCUT2D eigenvalue weighted by Crippen LogP contribution is -2.17. The van der Waals surface area contributed by atoms with Crippen molar-refractivity contribution in [1.29, 1.82) is 0 Å². The zero-order valence-electron chi connectivity index (χ0n) is 12.3. The number of carbonyl (C=O) groups is 1. The molecule has 0 aliphatic heterocycles. The highest BCUT2D eigenvalue weighted by atomic mass is 16.6. The van der Waals surface area contributed by atoms with Crippen LogP contribution in [-0.2, 0) is 0 Å². The summed E-state index contributed by atoms with van der Waals surface area (Å²) in [7, 11) is 1.48. The van der Waals surface area contributed by atoms with Gasteiger partial charge in [-0.25, -0.2) is 0 Å². The van der Waals surface area contributed by atoms with Crippen molar-refractivity contribution < 1.29 is 9.72 Å². The molecule has 3 N–H and O–H groups in total. The summed E-state index contributed by atoms with van der Waals surface area (Å²) in [6.45, 7) is 0. The first-order valence-corrected chi connectivity index (χ1v) is 6.93. The van der Waals surface area contributed by atoms with E-state index in [2.05, 4.69) is 15.6 Å². The number of fused-ring (bicyclic) bond motifs is 1. The normalized spacial score (nSPS) is 10.5. The SMILES string of the molecule is CNC(=O)c1ccc(Nc2ccc3[nH]ccc3c2)c([N+](=O)[O-])c1. The van der Waals surface area contributed by atoms with Gasteiger partial charge in [0.05, 0.1) is 4.92 Å². The van der Waals surface area contributed by atoms with Gasteiger partial charge in [0.2, 0.25) is 0 Å². The number of rotatable bonds is 4. The Balaban J connectivity index is 1.97. The molecule has 7 heteroatoms. The molecule has 0 unspecified atom stereocenters. The second-order valence-corrected chi connectivity index (χ2v) is 4.97. The number of nitro benzene ring substituents is 1. The first-order valence-electron chi connectivity index (χ1n) is 6.93. The lowest BCUT2D eigenvalue weighted by Gasteiger charge is -2.09. The molecule has 0 radical (unpaired) electrons. The van der Waals surface area contributed by atoms with Gasteiger partial charge in [0, 0.05) is 41.5 Å². The van der Waals surface area contributed by atoms with Gasteiger partial charge in [-0.2, -0.15) is 0 Å². The van der Waals surface area contributed by atoms with Crippen molar-refractivity contribution >= 4 is 33.9 Å². The summed E-state index contributed by atoms with van der Waals surface area (Å²) < 4.78 is 0. The molecule has 0 bridgehead atoms. The summed E-state index contributed by atoms with van der Waals surface area (Å²) in [6.07, 6.45) is 1.83. The summed E-state index contributed by atoms with van der Waals surface area (Å²) in [6, 6.07) is 11.9. The molecule has 116 valence electrons. The summed E-state index contributed by atoms with van der Waals surface area (Å²) in [4.78, 5) is 25.5. The fraction of sp³-hybridized carbons (Fsp3) is 0.0625. The molecule has 1 aromatic heterocycles. The Bertz CT molecular complexity index is 901. The average molecular weight is 310 g/mol. The second kappa shape index (κ2) is 5.80. The molecule has 0 aliphatic carbocycles. The smallest absolute Gasteiger partial charge is 0.293 e. The Morgan fingerprint density at radius 2 is 2.00 bits per heavy atom. The number of aromatic amines is 1. The average Bonchev–Trinajstić information content (AvgIpc) is 3.02. The second-order valence-electron chi connectivity index (χ2n) is 4.97. The van der Waals surface area contributed by atoms with Crippen LogP contribution >= 0.6 is 0 Å². The van der Waals surface area contributed by atoms with E-state index in [-0.39, 0.29) is 17.2 Å². The Labute approximate surface area is 131 Å². The van der Waals surface area contributed by atoms with Gasteiger partial charge in [-0.3, -0.25) is 14.9 Å². The molecule has 3 aromatic rings. The highest BCUT2D eigenvalue weighted by Gasteiger charge is 2.17.